The Bertz CT molecular complexity index is 686. The van der Waals surface area contributed by atoms with Gasteiger partial charge in [0, 0.05) is 17.7 Å². The van der Waals surface area contributed by atoms with E-state index in [2.05, 4.69) is 20.5 Å². The summed E-state index contributed by atoms with van der Waals surface area (Å²) in [6.07, 6.45) is 0. The molecular formula is C14H16N4O3S. The third kappa shape index (κ3) is 3.33. The van der Waals surface area contributed by atoms with Gasteiger partial charge in [0.2, 0.25) is 17.9 Å². The number of anilines is 1. The zero-order valence-corrected chi connectivity index (χ0v) is 13.1. The van der Waals surface area contributed by atoms with Gasteiger partial charge in [0.1, 0.15) is 5.82 Å². The Hall–Kier alpha value is -2.22. The number of fused-ring (bicyclic) bond motifs is 1. The van der Waals surface area contributed by atoms with E-state index in [1.807, 2.05) is 13.8 Å². The summed E-state index contributed by atoms with van der Waals surface area (Å²) < 4.78 is 10.5. The van der Waals surface area contributed by atoms with Crippen LogP contribution in [0.2, 0.25) is 0 Å². The molecule has 2 aromatic rings. The number of H-pyrrole nitrogens is 1. The van der Waals surface area contributed by atoms with Crippen molar-refractivity contribution in [1.82, 2.24) is 15.2 Å². The number of carbonyl (C=O) groups excluding carboxylic acids is 1. The third-order valence-corrected chi connectivity index (χ3v) is 3.87. The van der Waals surface area contributed by atoms with E-state index in [0.29, 0.717) is 22.3 Å². The normalized spacial score (nSPS) is 12.7. The quantitative estimate of drug-likeness (QED) is 0.822. The predicted molar refractivity (Wildman–Crippen MR) is 82.4 cm³/mol. The van der Waals surface area contributed by atoms with Crippen molar-refractivity contribution in [3.8, 4) is 11.5 Å². The molecule has 1 aromatic heterocycles. The van der Waals surface area contributed by atoms with Gasteiger partial charge in [-0.15, -0.1) is 5.10 Å². The third-order valence-electron chi connectivity index (χ3n) is 3.02. The molecule has 0 unspecified atom stereocenters. The van der Waals surface area contributed by atoms with Crippen LogP contribution in [0.3, 0.4) is 0 Å². The molecule has 3 rings (SSSR count). The molecule has 0 radical (unpaired) electrons. The fourth-order valence-electron chi connectivity index (χ4n) is 1.88. The van der Waals surface area contributed by atoms with E-state index in [4.69, 9.17) is 9.47 Å². The number of ether oxygens (including phenoxy) is 2. The summed E-state index contributed by atoms with van der Waals surface area (Å²) in [6, 6.07) is 5.30. The number of benzene rings is 1. The van der Waals surface area contributed by atoms with E-state index in [-0.39, 0.29) is 24.4 Å². The summed E-state index contributed by atoms with van der Waals surface area (Å²) in [5, 5.41) is 10.3. The maximum Gasteiger partial charge on any atom is 0.234 e. The first-order valence-corrected chi connectivity index (χ1v) is 7.85. The molecule has 7 nitrogen and oxygen atoms in total. The summed E-state index contributed by atoms with van der Waals surface area (Å²) >= 11 is 1.29. The Morgan fingerprint density at radius 2 is 2.23 bits per heavy atom. The molecule has 2 heterocycles. The van der Waals surface area contributed by atoms with E-state index in [0.717, 1.165) is 5.82 Å². The maximum absolute atomic E-state index is 12.0. The van der Waals surface area contributed by atoms with Crippen LogP contribution in [0.4, 0.5) is 5.69 Å². The number of aromatic amines is 1. The highest BCUT2D eigenvalue weighted by molar-refractivity contribution is 7.99. The number of nitrogens with zero attached hydrogens (tertiary/aromatic N) is 2. The highest BCUT2D eigenvalue weighted by Crippen LogP contribution is 2.34. The number of rotatable bonds is 5. The van der Waals surface area contributed by atoms with Crippen molar-refractivity contribution in [3.63, 3.8) is 0 Å². The fourth-order valence-corrected chi connectivity index (χ4v) is 2.49. The molecule has 1 aromatic carbocycles. The number of nitrogens with one attached hydrogen (secondary N) is 2. The predicted octanol–water partition coefficient (Wildman–Crippen LogP) is 2.39. The van der Waals surface area contributed by atoms with Crippen LogP contribution in [0.5, 0.6) is 11.5 Å². The minimum atomic E-state index is -0.125. The standard InChI is InChI=1S/C14H16N4O3S/c1-8(2)13-16-14(18-17-13)22-6-12(19)15-9-3-4-10-11(5-9)21-7-20-10/h3-5,8H,6-7H2,1-2H3,(H,15,19)(H,16,17,18). The van der Waals surface area contributed by atoms with E-state index < -0.39 is 0 Å². The zero-order valence-electron chi connectivity index (χ0n) is 12.3. The molecule has 0 fully saturated rings. The molecule has 1 aliphatic heterocycles. The maximum atomic E-state index is 12.0. The summed E-state index contributed by atoms with van der Waals surface area (Å²) in [5.41, 5.74) is 0.674. The first kappa shape index (κ1) is 14.7. The van der Waals surface area contributed by atoms with E-state index in [1.54, 1.807) is 18.2 Å². The minimum absolute atomic E-state index is 0.125. The van der Waals surface area contributed by atoms with Gasteiger partial charge in [0.25, 0.3) is 0 Å². The Kier molecular flexibility index (Phi) is 4.19. The number of aromatic nitrogens is 3. The van der Waals surface area contributed by atoms with Crippen LogP contribution in [-0.2, 0) is 4.79 Å². The van der Waals surface area contributed by atoms with Crippen LogP contribution in [0, 0.1) is 0 Å². The van der Waals surface area contributed by atoms with Gasteiger partial charge in [-0.05, 0) is 12.1 Å². The van der Waals surface area contributed by atoms with Crippen molar-refractivity contribution in [2.75, 3.05) is 17.9 Å². The van der Waals surface area contributed by atoms with E-state index >= 15 is 0 Å². The lowest BCUT2D eigenvalue weighted by Crippen LogP contribution is -2.14. The lowest BCUT2D eigenvalue weighted by molar-refractivity contribution is -0.113. The second kappa shape index (κ2) is 6.27. The lowest BCUT2D eigenvalue weighted by Gasteiger charge is -2.05. The SMILES string of the molecule is CC(C)c1nc(SCC(=O)Nc2ccc3c(c2)OCO3)n[nH]1. The molecule has 0 spiro atoms. The van der Waals surface area contributed by atoms with Crippen LogP contribution in [0.25, 0.3) is 0 Å². The molecule has 0 saturated heterocycles. The average molecular weight is 320 g/mol. The van der Waals surface area contributed by atoms with Gasteiger partial charge < -0.3 is 14.8 Å². The van der Waals surface area contributed by atoms with Gasteiger partial charge >= 0.3 is 0 Å². The number of amides is 1. The number of carbonyl (C=O) groups is 1. The van der Waals surface area contributed by atoms with Crippen molar-refractivity contribution in [2.24, 2.45) is 0 Å². The van der Waals surface area contributed by atoms with Gasteiger partial charge in [-0.3, -0.25) is 9.89 Å². The first-order valence-electron chi connectivity index (χ1n) is 6.86. The smallest absolute Gasteiger partial charge is 0.234 e. The summed E-state index contributed by atoms with van der Waals surface area (Å²) in [4.78, 5) is 16.3. The van der Waals surface area contributed by atoms with Crippen LogP contribution >= 0.6 is 11.8 Å². The molecule has 0 saturated carbocycles. The molecule has 0 atom stereocenters. The minimum Gasteiger partial charge on any atom is -0.454 e. The second-order valence-electron chi connectivity index (χ2n) is 5.06. The van der Waals surface area contributed by atoms with Crippen LogP contribution in [0.15, 0.2) is 23.4 Å². The van der Waals surface area contributed by atoms with Crippen molar-refractivity contribution in [1.29, 1.82) is 0 Å². The van der Waals surface area contributed by atoms with Crippen LogP contribution in [-0.4, -0.2) is 33.6 Å². The zero-order chi connectivity index (χ0) is 15.5. The van der Waals surface area contributed by atoms with Crippen LogP contribution < -0.4 is 14.8 Å². The number of thioether (sulfide) groups is 1. The van der Waals surface area contributed by atoms with Gasteiger partial charge in [0.15, 0.2) is 11.5 Å². The monoisotopic (exact) mass is 320 g/mol. The van der Waals surface area contributed by atoms with Crippen LogP contribution in [0.1, 0.15) is 25.6 Å². The van der Waals surface area contributed by atoms with Gasteiger partial charge in [-0.1, -0.05) is 25.6 Å². The summed E-state index contributed by atoms with van der Waals surface area (Å²) in [5.74, 6) is 2.54. The molecule has 2 N–H and O–H groups in total. The molecule has 1 amide bonds. The van der Waals surface area contributed by atoms with Gasteiger partial charge in [-0.2, -0.15) is 0 Å². The first-order chi connectivity index (χ1) is 10.6. The topological polar surface area (TPSA) is 89.1 Å². The highest BCUT2D eigenvalue weighted by atomic mass is 32.2. The average Bonchev–Trinajstić information content (AvgIpc) is 3.13. The second-order valence-corrected chi connectivity index (χ2v) is 6.01. The molecule has 0 aliphatic carbocycles. The van der Waals surface area contributed by atoms with Gasteiger partial charge in [0.05, 0.1) is 5.75 Å². The lowest BCUT2D eigenvalue weighted by atomic mass is 10.2. The summed E-state index contributed by atoms with van der Waals surface area (Å²) in [6.45, 7) is 4.27. The van der Waals surface area contributed by atoms with Gasteiger partial charge in [-0.25, -0.2) is 4.98 Å². The molecule has 22 heavy (non-hydrogen) atoms. The molecule has 0 bridgehead atoms. The largest absolute Gasteiger partial charge is 0.454 e. The molecule has 8 heteroatoms. The molecule has 1 aliphatic rings. The Labute approximate surface area is 131 Å². The fraction of sp³-hybridized carbons (Fsp3) is 0.357. The Balaban J connectivity index is 1.54. The number of hydrogen-bond donors (Lipinski definition) is 2. The van der Waals surface area contributed by atoms with E-state index in [9.17, 15) is 4.79 Å². The number of hydrogen-bond acceptors (Lipinski definition) is 6. The van der Waals surface area contributed by atoms with Crippen molar-refractivity contribution in [2.45, 2.75) is 24.9 Å². The van der Waals surface area contributed by atoms with Crippen molar-refractivity contribution >= 4 is 23.4 Å². The summed E-state index contributed by atoms with van der Waals surface area (Å²) in [7, 11) is 0. The molecule has 116 valence electrons. The molecular weight excluding hydrogens is 304 g/mol. The van der Waals surface area contributed by atoms with E-state index in [1.165, 1.54) is 11.8 Å². The van der Waals surface area contributed by atoms with Crippen molar-refractivity contribution < 1.29 is 14.3 Å². The Morgan fingerprint density at radius 3 is 3.00 bits per heavy atom. The Morgan fingerprint density at radius 1 is 1.41 bits per heavy atom. The highest BCUT2D eigenvalue weighted by Gasteiger charge is 2.14. The van der Waals surface area contributed by atoms with Crippen molar-refractivity contribution in [3.05, 3.63) is 24.0 Å².